The van der Waals surface area contributed by atoms with Gasteiger partial charge in [-0.1, -0.05) is 0 Å². The largest absolute Gasteiger partial charge is 0.481 e. The van der Waals surface area contributed by atoms with Crippen LogP contribution in [0.5, 0.6) is 0 Å². The Hall–Kier alpha value is -0.770. The first-order valence-corrected chi connectivity index (χ1v) is 5.05. The Morgan fingerprint density at radius 2 is 2.00 bits per heavy atom. The Labute approximate surface area is 87.2 Å². The molecular weight excluding hydrogens is 208 g/mol. The minimum atomic E-state index is -0.934. The van der Waals surface area contributed by atoms with Gasteiger partial charge in [-0.15, -0.1) is 11.6 Å². The quantitative estimate of drug-likeness (QED) is 0.575. The van der Waals surface area contributed by atoms with E-state index in [4.69, 9.17) is 21.4 Å². The first-order chi connectivity index (χ1) is 6.57. The Morgan fingerprint density at radius 1 is 1.43 bits per heavy atom. The fourth-order valence-electron chi connectivity index (χ4n) is 1.71. The fraction of sp³-hybridized carbons (Fsp3) is 0.778. The molecule has 80 valence electrons. The molecule has 14 heavy (non-hydrogen) atoms. The van der Waals surface area contributed by atoms with Crippen molar-refractivity contribution in [1.29, 1.82) is 0 Å². The second kappa shape index (κ2) is 4.64. The van der Waals surface area contributed by atoms with Gasteiger partial charge in [-0.25, -0.2) is 0 Å². The first kappa shape index (κ1) is 11.3. The fourth-order valence-corrected chi connectivity index (χ4v) is 2.18. The predicted octanol–water partition coefficient (Wildman–Crippen LogP) is 1.27. The molecule has 0 aromatic carbocycles. The third-order valence-corrected chi connectivity index (χ3v) is 3.07. The molecule has 1 saturated carbocycles. The molecular formula is C9H13ClO4. The summed E-state index contributed by atoms with van der Waals surface area (Å²) in [4.78, 5) is 22.0. The van der Waals surface area contributed by atoms with Crippen LogP contribution in [0.25, 0.3) is 0 Å². The molecule has 0 spiro atoms. The van der Waals surface area contributed by atoms with Crippen LogP contribution in [-0.4, -0.2) is 29.0 Å². The smallest absolute Gasteiger partial charge is 0.310 e. The van der Waals surface area contributed by atoms with E-state index in [2.05, 4.69) is 0 Å². The Balaban J connectivity index is 2.59. The van der Waals surface area contributed by atoms with Crippen molar-refractivity contribution in [3.05, 3.63) is 0 Å². The van der Waals surface area contributed by atoms with Gasteiger partial charge < -0.3 is 9.84 Å². The number of carbonyl (C=O) groups excluding carboxylic acids is 1. The number of hydrogen-bond donors (Lipinski definition) is 1. The second-order valence-electron chi connectivity index (χ2n) is 3.33. The summed E-state index contributed by atoms with van der Waals surface area (Å²) in [6.07, 6.45) is 0.955. The van der Waals surface area contributed by atoms with Gasteiger partial charge in [-0.3, -0.25) is 9.59 Å². The van der Waals surface area contributed by atoms with Crippen molar-refractivity contribution < 1.29 is 19.4 Å². The highest BCUT2D eigenvalue weighted by molar-refractivity contribution is 6.23. The van der Waals surface area contributed by atoms with Crippen molar-refractivity contribution in [3.8, 4) is 0 Å². The minimum absolute atomic E-state index is 0.302. The summed E-state index contributed by atoms with van der Waals surface area (Å²) in [6.45, 7) is 2.02. The van der Waals surface area contributed by atoms with Crippen LogP contribution in [-0.2, 0) is 14.3 Å². The van der Waals surface area contributed by atoms with E-state index in [0.717, 1.165) is 0 Å². The summed E-state index contributed by atoms with van der Waals surface area (Å²) in [6, 6.07) is 0. The number of esters is 1. The van der Waals surface area contributed by atoms with E-state index in [1.54, 1.807) is 6.92 Å². The number of ether oxygens (including phenoxy) is 1. The van der Waals surface area contributed by atoms with E-state index in [0.29, 0.717) is 19.4 Å². The van der Waals surface area contributed by atoms with Crippen LogP contribution < -0.4 is 0 Å². The van der Waals surface area contributed by atoms with Gasteiger partial charge in [-0.2, -0.15) is 0 Å². The molecule has 1 aliphatic carbocycles. The average molecular weight is 221 g/mol. The molecule has 5 heteroatoms. The number of hydrogen-bond acceptors (Lipinski definition) is 3. The SMILES string of the molecule is CCOC(=O)C1CCC(C(=O)O)C1Cl. The Kier molecular flexibility index (Phi) is 3.75. The van der Waals surface area contributed by atoms with E-state index in [1.807, 2.05) is 0 Å². The van der Waals surface area contributed by atoms with Crippen LogP contribution in [0.15, 0.2) is 0 Å². The zero-order valence-corrected chi connectivity index (χ0v) is 8.66. The minimum Gasteiger partial charge on any atom is -0.481 e. The molecule has 0 amide bonds. The van der Waals surface area contributed by atoms with Gasteiger partial charge in [0.15, 0.2) is 0 Å². The number of alkyl halides is 1. The molecule has 3 unspecified atom stereocenters. The summed E-state index contributed by atoms with van der Waals surface area (Å²) >= 11 is 5.89. The monoisotopic (exact) mass is 220 g/mol. The van der Waals surface area contributed by atoms with Crippen molar-refractivity contribution in [2.75, 3.05) is 6.61 Å². The Morgan fingerprint density at radius 3 is 2.43 bits per heavy atom. The third kappa shape index (κ3) is 2.18. The van der Waals surface area contributed by atoms with Gasteiger partial charge in [0, 0.05) is 0 Å². The first-order valence-electron chi connectivity index (χ1n) is 4.61. The maximum atomic E-state index is 11.3. The number of halogens is 1. The summed E-state index contributed by atoms with van der Waals surface area (Å²) in [5.41, 5.74) is 0. The topological polar surface area (TPSA) is 63.6 Å². The van der Waals surface area contributed by atoms with Crippen LogP contribution in [0.3, 0.4) is 0 Å². The molecule has 0 saturated heterocycles. The van der Waals surface area contributed by atoms with Crippen LogP contribution in [0.2, 0.25) is 0 Å². The Bertz CT molecular complexity index is 241. The zero-order valence-electron chi connectivity index (χ0n) is 7.90. The van der Waals surface area contributed by atoms with E-state index in [-0.39, 0.29) is 5.97 Å². The molecule has 1 fully saturated rings. The van der Waals surface area contributed by atoms with Gasteiger partial charge in [0.2, 0.25) is 0 Å². The van der Waals surface area contributed by atoms with Crippen molar-refractivity contribution >= 4 is 23.5 Å². The van der Waals surface area contributed by atoms with Crippen molar-refractivity contribution in [3.63, 3.8) is 0 Å². The molecule has 1 rings (SSSR count). The normalized spacial score (nSPS) is 31.4. The van der Waals surface area contributed by atoms with Gasteiger partial charge in [-0.05, 0) is 19.8 Å². The molecule has 3 atom stereocenters. The zero-order chi connectivity index (χ0) is 10.7. The third-order valence-electron chi connectivity index (χ3n) is 2.46. The highest BCUT2D eigenvalue weighted by atomic mass is 35.5. The molecule has 0 aromatic rings. The summed E-state index contributed by atoms with van der Waals surface area (Å²) in [5.74, 6) is -2.39. The lowest BCUT2D eigenvalue weighted by molar-refractivity contribution is -0.147. The molecule has 1 aliphatic rings. The predicted molar refractivity (Wildman–Crippen MR) is 50.1 cm³/mol. The van der Waals surface area contributed by atoms with Gasteiger partial charge in [0.1, 0.15) is 0 Å². The maximum Gasteiger partial charge on any atom is 0.310 e. The van der Waals surface area contributed by atoms with Gasteiger partial charge >= 0.3 is 11.9 Å². The molecule has 0 radical (unpaired) electrons. The lowest BCUT2D eigenvalue weighted by Crippen LogP contribution is -2.28. The molecule has 0 aliphatic heterocycles. The lowest BCUT2D eigenvalue weighted by Gasteiger charge is -2.14. The highest BCUT2D eigenvalue weighted by Crippen LogP contribution is 2.36. The van der Waals surface area contributed by atoms with Crippen molar-refractivity contribution in [2.24, 2.45) is 11.8 Å². The number of aliphatic carboxylic acids is 1. The van der Waals surface area contributed by atoms with Crippen LogP contribution >= 0.6 is 11.6 Å². The van der Waals surface area contributed by atoms with Crippen LogP contribution in [0, 0.1) is 11.8 Å². The van der Waals surface area contributed by atoms with E-state index in [1.165, 1.54) is 0 Å². The van der Waals surface area contributed by atoms with Crippen LogP contribution in [0.4, 0.5) is 0 Å². The maximum absolute atomic E-state index is 11.3. The van der Waals surface area contributed by atoms with Crippen LogP contribution in [0.1, 0.15) is 19.8 Å². The van der Waals surface area contributed by atoms with Gasteiger partial charge in [0.25, 0.3) is 0 Å². The lowest BCUT2D eigenvalue weighted by atomic mass is 10.0. The molecule has 1 N–H and O–H groups in total. The van der Waals surface area contributed by atoms with E-state index < -0.39 is 23.2 Å². The van der Waals surface area contributed by atoms with E-state index in [9.17, 15) is 9.59 Å². The average Bonchev–Trinajstić information content (AvgIpc) is 2.47. The van der Waals surface area contributed by atoms with Crippen molar-refractivity contribution in [1.82, 2.24) is 0 Å². The molecule has 4 nitrogen and oxygen atoms in total. The van der Waals surface area contributed by atoms with E-state index >= 15 is 0 Å². The summed E-state index contributed by atoms with van der Waals surface area (Å²) < 4.78 is 4.81. The second-order valence-corrected chi connectivity index (χ2v) is 3.83. The number of carboxylic acids is 1. The van der Waals surface area contributed by atoms with Gasteiger partial charge in [0.05, 0.1) is 23.8 Å². The number of carboxylic acid groups (broad SMARTS) is 1. The summed E-state index contributed by atoms with van der Waals surface area (Å²) in [7, 11) is 0. The standard InChI is InChI=1S/C9H13ClO4/c1-2-14-9(13)6-4-3-5(7(6)10)8(11)12/h5-7H,2-4H2,1H3,(H,11,12). The molecule has 0 bridgehead atoms. The number of carbonyl (C=O) groups is 2. The summed E-state index contributed by atoms with van der Waals surface area (Å²) in [5, 5.41) is 8.14. The van der Waals surface area contributed by atoms with Crippen molar-refractivity contribution in [2.45, 2.75) is 25.1 Å². The molecule has 0 aromatic heterocycles. The highest BCUT2D eigenvalue weighted by Gasteiger charge is 2.43. The molecule has 0 heterocycles. The number of rotatable bonds is 3.